The molecule has 1 amide bonds. The van der Waals surface area contributed by atoms with Crippen LogP contribution in [0.25, 0.3) is 0 Å². The maximum atomic E-state index is 12.2. The highest BCUT2D eigenvalue weighted by molar-refractivity contribution is 5.92. The lowest BCUT2D eigenvalue weighted by atomic mass is 10.1. The van der Waals surface area contributed by atoms with Crippen LogP contribution < -0.4 is 0 Å². The Morgan fingerprint density at radius 2 is 2.00 bits per heavy atom. The fraction of sp³-hybridized carbons (Fsp3) is 0.615. The van der Waals surface area contributed by atoms with Crippen LogP contribution >= 0.6 is 0 Å². The third kappa shape index (κ3) is 3.56. The van der Waals surface area contributed by atoms with Gasteiger partial charge in [-0.25, -0.2) is 0 Å². The monoisotopic (exact) mass is 267 g/mol. The van der Waals surface area contributed by atoms with Gasteiger partial charge in [-0.05, 0) is 12.0 Å². The SMILES string of the molecule is CC(CN(C)C(=O)c1cc(C(C)C)nn1C)C(=O)O. The number of carboxylic acid groups (broad SMARTS) is 1. The first kappa shape index (κ1) is 15.2. The molecule has 1 unspecified atom stereocenters. The van der Waals surface area contributed by atoms with Crippen molar-refractivity contribution in [2.45, 2.75) is 26.7 Å². The average molecular weight is 267 g/mol. The second kappa shape index (κ2) is 5.86. The molecule has 0 aromatic carbocycles. The Hall–Kier alpha value is -1.85. The van der Waals surface area contributed by atoms with Crippen LogP contribution in [0.1, 0.15) is 42.9 Å². The summed E-state index contributed by atoms with van der Waals surface area (Å²) in [5.41, 5.74) is 1.33. The first-order chi connectivity index (χ1) is 8.73. The molecule has 0 fully saturated rings. The second-order valence-electron chi connectivity index (χ2n) is 5.16. The summed E-state index contributed by atoms with van der Waals surface area (Å²) in [6, 6.07) is 1.76. The zero-order valence-electron chi connectivity index (χ0n) is 12.0. The van der Waals surface area contributed by atoms with Gasteiger partial charge in [0.1, 0.15) is 5.69 Å². The van der Waals surface area contributed by atoms with Gasteiger partial charge in [0.05, 0.1) is 11.6 Å². The summed E-state index contributed by atoms with van der Waals surface area (Å²) in [7, 11) is 3.32. The predicted octanol–water partition coefficient (Wildman–Crippen LogP) is 1.34. The lowest BCUT2D eigenvalue weighted by Crippen LogP contribution is -2.34. The van der Waals surface area contributed by atoms with E-state index < -0.39 is 11.9 Å². The van der Waals surface area contributed by atoms with Gasteiger partial charge in [-0.3, -0.25) is 14.3 Å². The minimum atomic E-state index is -0.910. The smallest absolute Gasteiger partial charge is 0.308 e. The maximum Gasteiger partial charge on any atom is 0.308 e. The summed E-state index contributed by atoms with van der Waals surface area (Å²) >= 11 is 0. The molecule has 0 aliphatic heterocycles. The van der Waals surface area contributed by atoms with Gasteiger partial charge in [0.25, 0.3) is 5.91 Å². The van der Waals surface area contributed by atoms with Crippen molar-refractivity contribution in [3.8, 4) is 0 Å². The van der Waals surface area contributed by atoms with Crippen LogP contribution in [0, 0.1) is 5.92 Å². The maximum absolute atomic E-state index is 12.2. The molecule has 0 saturated carbocycles. The highest BCUT2D eigenvalue weighted by Gasteiger charge is 2.21. The summed E-state index contributed by atoms with van der Waals surface area (Å²) in [4.78, 5) is 24.4. The Balaban J connectivity index is 2.85. The Morgan fingerprint density at radius 1 is 1.42 bits per heavy atom. The first-order valence-electron chi connectivity index (χ1n) is 6.26. The van der Waals surface area contributed by atoms with E-state index in [1.165, 1.54) is 4.90 Å². The van der Waals surface area contributed by atoms with Gasteiger partial charge in [-0.2, -0.15) is 5.10 Å². The van der Waals surface area contributed by atoms with E-state index in [4.69, 9.17) is 5.11 Å². The Kier molecular flexibility index (Phi) is 4.69. The normalized spacial score (nSPS) is 12.5. The number of hydrogen-bond donors (Lipinski definition) is 1. The molecule has 1 atom stereocenters. The number of carboxylic acids is 1. The third-order valence-electron chi connectivity index (χ3n) is 3.03. The average Bonchev–Trinajstić information content (AvgIpc) is 2.70. The minimum Gasteiger partial charge on any atom is -0.481 e. The zero-order valence-corrected chi connectivity index (χ0v) is 12.0. The van der Waals surface area contributed by atoms with Crippen molar-refractivity contribution in [3.05, 3.63) is 17.5 Å². The number of rotatable bonds is 5. The van der Waals surface area contributed by atoms with Crippen molar-refractivity contribution in [1.29, 1.82) is 0 Å². The van der Waals surface area contributed by atoms with E-state index in [2.05, 4.69) is 5.10 Å². The Morgan fingerprint density at radius 3 is 2.42 bits per heavy atom. The van der Waals surface area contributed by atoms with Gasteiger partial charge < -0.3 is 10.0 Å². The van der Waals surface area contributed by atoms with Crippen LogP contribution in [-0.4, -0.2) is 45.3 Å². The third-order valence-corrected chi connectivity index (χ3v) is 3.03. The molecule has 0 bridgehead atoms. The first-order valence-corrected chi connectivity index (χ1v) is 6.26. The summed E-state index contributed by atoms with van der Waals surface area (Å²) in [6.45, 7) is 5.77. The summed E-state index contributed by atoms with van der Waals surface area (Å²) < 4.78 is 1.54. The van der Waals surface area contributed by atoms with Crippen molar-refractivity contribution >= 4 is 11.9 Å². The van der Waals surface area contributed by atoms with Crippen molar-refractivity contribution in [2.24, 2.45) is 13.0 Å². The molecule has 106 valence electrons. The number of nitrogens with zero attached hydrogens (tertiary/aromatic N) is 3. The molecule has 19 heavy (non-hydrogen) atoms. The van der Waals surface area contributed by atoms with Crippen LogP contribution in [0.15, 0.2) is 6.07 Å². The predicted molar refractivity (Wildman–Crippen MR) is 71.1 cm³/mol. The number of carbonyl (C=O) groups is 2. The van der Waals surface area contributed by atoms with E-state index in [0.717, 1.165) is 5.69 Å². The van der Waals surface area contributed by atoms with Gasteiger partial charge >= 0.3 is 5.97 Å². The van der Waals surface area contributed by atoms with E-state index in [1.54, 1.807) is 31.8 Å². The minimum absolute atomic E-state index is 0.177. The molecule has 6 nitrogen and oxygen atoms in total. The van der Waals surface area contributed by atoms with Crippen molar-refractivity contribution in [3.63, 3.8) is 0 Å². The zero-order chi connectivity index (χ0) is 14.7. The van der Waals surface area contributed by atoms with E-state index in [-0.39, 0.29) is 18.4 Å². The van der Waals surface area contributed by atoms with Gasteiger partial charge in [0, 0.05) is 20.6 Å². The molecule has 0 aliphatic carbocycles. The lowest BCUT2D eigenvalue weighted by molar-refractivity contribution is -0.141. The number of aryl methyl sites for hydroxylation is 1. The highest BCUT2D eigenvalue weighted by atomic mass is 16.4. The number of amides is 1. The fourth-order valence-electron chi connectivity index (χ4n) is 1.74. The number of hydrogen-bond acceptors (Lipinski definition) is 3. The number of aliphatic carboxylic acids is 1. The van der Waals surface area contributed by atoms with Crippen LogP contribution in [0.5, 0.6) is 0 Å². The Bertz CT molecular complexity index is 479. The summed E-state index contributed by atoms with van der Waals surface area (Å²) in [5.74, 6) is -1.47. The molecule has 0 radical (unpaired) electrons. The standard InChI is InChI=1S/C13H21N3O3/c1-8(2)10-6-11(16(5)14-10)12(17)15(4)7-9(3)13(18)19/h6,8-9H,7H2,1-5H3,(H,18,19). The molecular weight excluding hydrogens is 246 g/mol. The Labute approximate surface area is 113 Å². The fourth-order valence-corrected chi connectivity index (χ4v) is 1.74. The van der Waals surface area contributed by atoms with Crippen molar-refractivity contribution in [2.75, 3.05) is 13.6 Å². The lowest BCUT2D eigenvalue weighted by Gasteiger charge is -2.19. The second-order valence-corrected chi connectivity index (χ2v) is 5.16. The van der Waals surface area contributed by atoms with E-state index in [0.29, 0.717) is 5.69 Å². The van der Waals surface area contributed by atoms with Crippen molar-refractivity contribution < 1.29 is 14.7 Å². The molecule has 0 aliphatic rings. The molecule has 1 rings (SSSR count). The van der Waals surface area contributed by atoms with Gasteiger partial charge in [0.15, 0.2) is 0 Å². The van der Waals surface area contributed by atoms with E-state index in [9.17, 15) is 9.59 Å². The van der Waals surface area contributed by atoms with Crippen LogP contribution in [0.2, 0.25) is 0 Å². The van der Waals surface area contributed by atoms with Gasteiger partial charge in [0.2, 0.25) is 0 Å². The molecule has 6 heteroatoms. The highest BCUT2D eigenvalue weighted by Crippen LogP contribution is 2.15. The number of aromatic nitrogens is 2. The summed E-state index contributed by atoms with van der Waals surface area (Å²) in [5, 5.41) is 13.1. The molecule has 1 aromatic rings. The van der Waals surface area contributed by atoms with Crippen LogP contribution in [0.4, 0.5) is 0 Å². The molecule has 0 saturated heterocycles. The summed E-state index contributed by atoms with van der Waals surface area (Å²) in [6.07, 6.45) is 0. The van der Waals surface area contributed by atoms with Crippen LogP contribution in [-0.2, 0) is 11.8 Å². The molecule has 0 spiro atoms. The van der Waals surface area contributed by atoms with Gasteiger partial charge in [-0.15, -0.1) is 0 Å². The molecule has 1 N–H and O–H groups in total. The quantitative estimate of drug-likeness (QED) is 0.873. The van der Waals surface area contributed by atoms with E-state index >= 15 is 0 Å². The molecule has 1 heterocycles. The molecule has 1 aromatic heterocycles. The number of carbonyl (C=O) groups excluding carboxylic acids is 1. The van der Waals surface area contributed by atoms with Crippen LogP contribution in [0.3, 0.4) is 0 Å². The van der Waals surface area contributed by atoms with Crippen molar-refractivity contribution in [1.82, 2.24) is 14.7 Å². The van der Waals surface area contributed by atoms with Gasteiger partial charge in [-0.1, -0.05) is 20.8 Å². The molecular formula is C13H21N3O3. The van der Waals surface area contributed by atoms with E-state index in [1.807, 2.05) is 13.8 Å². The topological polar surface area (TPSA) is 75.4 Å². The largest absolute Gasteiger partial charge is 0.481 e.